The molecule has 0 radical (unpaired) electrons. The van der Waals surface area contributed by atoms with Crippen molar-refractivity contribution in [3.8, 4) is 0 Å². The number of nitrogens with two attached hydrogens (primary N) is 1. The van der Waals surface area contributed by atoms with Crippen molar-refractivity contribution < 1.29 is 9.13 Å². The fraction of sp³-hybridized carbons (Fsp3) is 0.400. The van der Waals surface area contributed by atoms with E-state index in [9.17, 15) is 4.39 Å². The van der Waals surface area contributed by atoms with Gasteiger partial charge in [-0.1, -0.05) is 17.7 Å². The third kappa shape index (κ3) is 2.67. The van der Waals surface area contributed by atoms with Gasteiger partial charge in [0.05, 0.1) is 6.10 Å². The summed E-state index contributed by atoms with van der Waals surface area (Å²) in [7, 11) is 0. The molecule has 78 valence electrons. The molecule has 0 bridgehead atoms. The lowest BCUT2D eigenvalue weighted by Crippen LogP contribution is -2.17. The van der Waals surface area contributed by atoms with E-state index in [4.69, 9.17) is 22.1 Å². The zero-order chi connectivity index (χ0) is 10.6. The van der Waals surface area contributed by atoms with Crippen molar-refractivity contribution in [2.45, 2.75) is 13.0 Å². The van der Waals surface area contributed by atoms with Crippen molar-refractivity contribution in [2.24, 2.45) is 5.73 Å². The maximum absolute atomic E-state index is 13.4. The minimum absolute atomic E-state index is 0.256. The van der Waals surface area contributed by atoms with Crippen LogP contribution >= 0.6 is 11.6 Å². The first kappa shape index (κ1) is 11.4. The third-order valence-electron chi connectivity index (χ3n) is 1.89. The minimum Gasteiger partial charge on any atom is -0.372 e. The van der Waals surface area contributed by atoms with E-state index in [1.165, 1.54) is 6.07 Å². The number of rotatable bonds is 4. The van der Waals surface area contributed by atoms with Gasteiger partial charge in [0.2, 0.25) is 0 Å². The Bertz CT molecular complexity index is 306. The quantitative estimate of drug-likeness (QED) is 0.841. The lowest BCUT2D eigenvalue weighted by molar-refractivity contribution is 0.0663. The first-order valence-corrected chi connectivity index (χ1v) is 4.83. The highest BCUT2D eigenvalue weighted by Gasteiger charge is 2.14. The molecule has 1 aromatic rings. The molecule has 4 heteroatoms. The van der Waals surface area contributed by atoms with Gasteiger partial charge in [0.1, 0.15) is 5.82 Å². The van der Waals surface area contributed by atoms with E-state index in [1.807, 2.05) is 6.92 Å². The number of hydrogen-bond donors (Lipinski definition) is 1. The van der Waals surface area contributed by atoms with Crippen LogP contribution in [-0.4, -0.2) is 13.2 Å². The lowest BCUT2D eigenvalue weighted by Gasteiger charge is -2.15. The maximum Gasteiger partial charge on any atom is 0.130 e. The number of hydrogen-bond acceptors (Lipinski definition) is 2. The van der Waals surface area contributed by atoms with E-state index >= 15 is 0 Å². The fourth-order valence-electron chi connectivity index (χ4n) is 1.25. The van der Waals surface area contributed by atoms with Crippen LogP contribution in [-0.2, 0) is 4.74 Å². The van der Waals surface area contributed by atoms with Gasteiger partial charge in [-0.25, -0.2) is 4.39 Å². The SMILES string of the molecule is CCOC(CN)c1ccc(Cl)cc1F. The molecular weight excluding hydrogens is 205 g/mol. The van der Waals surface area contributed by atoms with E-state index < -0.39 is 6.10 Å². The summed E-state index contributed by atoms with van der Waals surface area (Å²) in [6.45, 7) is 2.60. The average molecular weight is 218 g/mol. The molecule has 2 N–H and O–H groups in total. The molecule has 2 nitrogen and oxygen atoms in total. The molecule has 0 aliphatic heterocycles. The van der Waals surface area contributed by atoms with Gasteiger partial charge in [0.25, 0.3) is 0 Å². The van der Waals surface area contributed by atoms with E-state index in [0.717, 1.165) is 0 Å². The molecule has 0 spiro atoms. The molecule has 1 aromatic carbocycles. The topological polar surface area (TPSA) is 35.2 Å². The molecule has 0 fully saturated rings. The maximum atomic E-state index is 13.4. The number of ether oxygens (including phenoxy) is 1. The second-order valence-corrected chi connectivity index (χ2v) is 3.28. The normalized spacial score (nSPS) is 12.9. The Kier molecular flexibility index (Phi) is 4.32. The monoisotopic (exact) mass is 217 g/mol. The van der Waals surface area contributed by atoms with Crippen LogP contribution in [0.15, 0.2) is 18.2 Å². The van der Waals surface area contributed by atoms with Crippen molar-refractivity contribution in [2.75, 3.05) is 13.2 Å². The van der Waals surface area contributed by atoms with Gasteiger partial charge in [0.15, 0.2) is 0 Å². The predicted molar refractivity (Wildman–Crippen MR) is 54.8 cm³/mol. The number of halogens is 2. The molecule has 0 aliphatic carbocycles. The smallest absolute Gasteiger partial charge is 0.130 e. The zero-order valence-electron chi connectivity index (χ0n) is 7.97. The fourth-order valence-corrected chi connectivity index (χ4v) is 1.41. The molecule has 0 saturated carbocycles. The highest BCUT2D eigenvalue weighted by molar-refractivity contribution is 6.30. The van der Waals surface area contributed by atoms with Crippen LogP contribution in [0, 0.1) is 5.82 Å². The largest absolute Gasteiger partial charge is 0.372 e. The van der Waals surface area contributed by atoms with Crippen LogP contribution in [0.3, 0.4) is 0 Å². The standard InChI is InChI=1S/C10H13ClFNO/c1-2-14-10(6-13)8-4-3-7(11)5-9(8)12/h3-5,10H,2,6,13H2,1H3. The Balaban J connectivity index is 2.92. The molecular formula is C10H13ClFNO. The second kappa shape index (κ2) is 5.29. The summed E-state index contributed by atoms with van der Waals surface area (Å²) in [6, 6.07) is 4.49. The third-order valence-corrected chi connectivity index (χ3v) is 2.13. The van der Waals surface area contributed by atoms with Gasteiger partial charge in [-0.3, -0.25) is 0 Å². The summed E-state index contributed by atoms with van der Waals surface area (Å²) < 4.78 is 18.7. The van der Waals surface area contributed by atoms with Crippen LogP contribution in [0.2, 0.25) is 5.02 Å². The average Bonchev–Trinajstić information content (AvgIpc) is 2.15. The van der Waals surface area contributed by atoms with Gasteiger partial charge >= 0.3 is 0 Å². The Morgan fingerprint density at radius 3 is 2.79 bits per heavy atom. The molecule has 1 unspecified atom stereocenters. The second-order valence-electron chi connectivity index (χ2n) is 2.85. The molecule has 0 saturated heterocycles. The van der Waals surface area contributed by atoms with Crippen LogP contribution < -0.4 is 5.73 Å². The summed E-state index contributed by atoms with van der Waals surface area (Å²) in [5, 5.41) is 0.374. The zero-order valence-corrected chi connectivity index (χ0v) is 8.72. The lowest BCUT2D eigenvalue weighted by atomic mass is 10.1. The van der Waals surface area contributed by atoms with Gasteiger partial charge in [-0.2, -0.15) is 0 Å². The highest BCUT2D eigenvalue weighted by atomic mass is 35.5. The summed E-state index contributed by atoms with van der Waals surface area (Å²) in [5.41, 5.74) is 5.93. The first-order chi connectivity index (χ1) is 6.69. The van der Waals surface area contributed by atoms with Gasteiger partial charge in [-0.05, 0) is 19.1 Å². The Hall–Kier alpha value is -0.640. The van der Waals surface area contributed by atoms with Crippen molar-refractivity contribution in [3.05, 3.63) is 34.6 Å². The van der Waals surface area contributed by atoms with Crippen LogP contribution in [0.1, 0.15) is 18.6 Å². The van der Waals surface area contributed by atoms with Crippen LogP contribution in [0.4, 0.5) is 4.39 Å². The summed E-state index contributed by atoms with van der Waals surface area (Å²) in [5.74, 6) is -0.374. The Morgan fingerprint density at radius 1 is 1.57 bits per heavy atom. The van der Waals surface area contributed by atoms with E-state index in [0.29, 0.717) is 17.2 Å². The molecule has 0 aromatic heterocycles. The molecule has 14 heavy (non-hydrogen) atoms. The van der Waals surface area contributed by atoms with Crippen molar-refractivity contribution in [1.82, 2.24) is 0 Å². The van der Waals surface area contributed by atoms with Gasteiger partial charge in [-0.15, -0.1) is 0 Å². The van der Waals surface area contributed by atoms with Crippen molar-refractivity contribution in [3.63, 3.8) is 0 Å². The van der Waals surface area contributed by atoms with Crippen molar-refractivity contribution in [1.29, 1.82) is 0 Å². The van der Waals surface area contributed by atoms with Crippen LogP contribution in [0.25, 0.3) is 0 Å². The van der Waals surface area contributed by atoms with E-state index in [1.54, 1.807) is 12.1 Å². The first-order valence-electron chi connectivity index (χ1n) is 4.45. The van der Waals surface area contributed by atoms with Crippen molar-refractivity contribution >= 4 is 11.6 Å². The Labute approximate surface area is 87.8 Å². The summed E-state index contributed by atoms with van der Waals surface area (Å²) in [4.78, 5) is 0. The highest BCUT2D eigenvalue weighted by Crippen LogP contribution is 2.22. The molecule has 0 heterocycles. The van der Waals surface area contributed by atoms with E-state index in [-0.39, 0.29) is 12.4 Å². The summed E-state index contributed by atoms with van der Waals surface area (Å²) in [6.07, 6.45) is -0.391. The molecule has 1 atom stereocenters. The molecule has 0 amide bonds. The minimum atomic E-state index is -0.391. The summed E-state index contributed by atoms with van der Waals surface area (Å²) >= 11 is 5.63. The predicted octanol–water partition coefficient (Wildman–Crippen LogP) is 2.52. The molecule has 1 rings (SSSR count). The Morgan fingerprint density at radius 2 is 2.29 bits per heavy atom. The number of benzene rings is 1. The van der Waals surface area contributed by atoms with E-state index in [2.05, 4.69) is 0 Å². The van der Waals surface area contributed by atoms with Crippen LogP contribution in [0.5, 0.6) is 0 Å². The van der Waals surface area contributed by atoms with Gasteiger partial charge in [0, 0.05) is 23.7 Å². The van der Waals surface area contributed by atoms with Gasteiger partial charge < -0.3 is 10.5 Å². The molecule has 0 aliphatic rings.